The molecule has 4 N–H and O–H groups in total. The lowest BCUT2D eigenvalue weighted by molar-refractivity contribution is 0.0655. The fraction of sp³-hybridized carbons (Fsp3) is 0.154. The minimum absolute atomic E-state index is 0.0138. The van der Waals surface area contributed by atoms with Gasteiger partial charge in [0.25, 0.3) is 11.8 Å². The van der Waals surface area contributed by atoms with Gasteiger partial charge in [0.05, 0.1) is 11.1 Å². The Bertz CT molecular complexity index is 690. The van der Waals surface area contributed by atoms with Gasteiger partial charge in [-0.1, -0.05) is 12.1 Å². The number of fused-ring (bicyclic) bond motifs is 1. The molecule has 0 radical (unpaired) electrons. The Morgan fingerprint density at radius 3 is 1.95 bits per heavy atom. The highest BCUT2D eigenvalue weighted by Crippen LogP contribution is 2.22. The van der Waals surface area contributed by atoms with Gasteiger partial charge in [0.15, 0.2) is 0 Å². The molecule has 106 valence electrons. The average molecular weight is 284 g/mol. The summed E-state index contributed by atoms with van der Waals surface area (Å²) in [6, 6.07) is 6.71. The zero-order valence-corrected chi connectivity index (χ0v) is 11.0. The predicted octanol–water partition coefficient (Wildman–Crippen LogP) is -0.125. The van der Waals surface area contributed by atoms with Crippen LogP contribution in [0.4, 0.5) is 11.9 Å². The van der Waals surface area contributed by atoms with Gasteiger partial charge < -0.3 is 11.5 Å². The molecule has 1 aliphatic heterocycles. The number of carbonyl (C=O) groups excluding carboxylic acids is 2. The van der Waals surface area contributed by atoms with Crippen LogP contribution in [0.1, 0.15) is 26.5 Å². The number of rotatable bonds is 3. The van der Waals surface area contributed by atoms with E-state index in [-0.39, 0.29) is 36.7 Å². The maximum Gasteiger partial charge on any atom is 0.261 e. The largest absolute Gasteiger partial charge is 0.368 e. The second kappa shape index (κ2) is 4.82. The molecule has 2 aromatic rings. The fourth-order valence-corrected chi connectivity index (χ4v) is 2.22. The van der Waals surface area contributed by atoms with Crippen LogP contribution < -0.4 is 11.5 Å². The molecule has 21 heavy (non-hydrogen) atoms. The minimum atomic E-state index is -0.314. The van der Waals surface area contributed by atoms with Crippen LogP contribution in [0.25, 0.3) is 0 Å². The van der Waals surface area contributed by atoms with Gasteiger partial charge in [0.1, 0.15) is 5.82 Å². The van der Waals surface area contributed by atoms with Gasteiger partial charge in [-0.15, -0.1) is 0 Å². The average Bonchev–Trinajstić information content (AvgIpc) is 2.69. The van der Waals surface area contributed by atoms with Crippen LogP contribution in [-0.4, -0.2) is 38.2 Å². The molecule has 0 bridgehead atoms. The van der Waals surface area contributed by atoms with Gasteiger partial charge in [-0.2, -0.15) is 15.0 Å². The molecular weight excluding hydrogens is 272 g/mol. The predicted molar refractivity (Wildman–Crippen MR) is 74.2 cm³/mol. The molecule has 0 atom stereocenters. The van der Waals surface area contributed by atoms with Crippen LogP contribution in [0.15, 0.2) is 24.3 Å². The standard InChI is InChI=1S/C13H12N6O2/c14-12-16-9(17-13(15)18-12)5-6-19-10(20)7-3-1-2-4-8(7)11(19)21/h1-4H,5-6H2,(H4,14,15,16,17,18). The Balaban J connectivity index is 1.78. The van der Waals surface area contributed by atoms with Gasteiger partial charge in [0, 0.05) is 13.0 Å². The third-order valence-corrected chi connectivity index (χ3v) is 3.15. The van der Waals surface area contributed by atoms with Gasteiger partial charge in [-0.05, 0) is 12.1 Å². The highest BCUT2D eigenvalue weighted by atomic mass is 16.2. The number of nitrogens with zero attached hydrogens (tertiary/aromatic N) is 4. The molecular formula is C13H12N6O2. The van der Waals surface area contributed by atoms with Gasteiger partial charge >= 0.3 is 0 Å². The van der Waals surface area contributed by atoms with E-state index < -0.39 is 0 Å². The number of aromatic nitrogens is 3. The van der Waals surface area contributed by atoms with E-state index in [4.69, 9.17) is 11.5 Å². The highest BCUT2D eigenvalue weighted by molar-refractivity contribution is 6.21. The molecule has 0 spiro atoms. The zero-order valence-electron chi connectivity index (χ0n) is 11.0. The SMILES string of the molecule is Nc1nc(N)nc(CCN2C(=O)c3ccccc3C2=O)n1. The normalized spacial score (nSPS) is 13.6. The van der Waals surface area contributed by atoms with Crippen LogP contribution in [0, 0.1) is 0 Å². The number of hydrogen-bond acceptors (Lipinski definition) is 7. The number of benzene rings is 1. The van der Waals surface area contributed by atoms with Gasteiger partial charge in [-0.25, -0.2) is 0 Å². The van der Waals surface area contributed by atoms with E-state index >= 15 is 0 Å². The Labute approximate surface area is 119 Å². The summed E-state index contributed by atoms with van der Waals surface area (Å²) in [5.74, 6) is -0.257. The van der Waals surface area contributed by atoms with E-state index in [0.29, 0.717) is 17.0 Å². The first-order valence-corrected chi connectivity index (χ1v) is 6.27. The van der Waals surface area contributed by atoms with Crippen molar-refractivity contribution in [2.45, 2.75) is 6.42 Å². The summed E-state index contributed by atoms with van der Waals surface area (Å²) in [6.07, 6.45) is 0.266. The minimum Gasteiger partial charge on any atom is -0.368 e. The summed E-state index contributed by atoms with van der Waals surface area (Å²) in [4.78, 5) is 37.0. The van der Waals surface area contributed by atoms with Gasteiger partial charge in [-0.3, -0.25) is 14.5 Å². The fourth-order valence-electron chi connectivity index (χ4n) is 2.22. The Morgan fingerprint density at radius 2 is 1.43 bits per heavy atom. The molecule has 0 saturated heterocycles. The molecule has 2 amide bonds. The third kappa shape index (κ3) is 2.27. The quantitative estimate of drug-likeness (QED) is 0.751. The Morgan fingerprint density at radius 1 is 0.905 bits per heavy atom. The summed E-state index contributed by atoms with van der Waals surface area (Å²) in [5, 5.41) is 0. The number of hydrogen-bond donors (Lipinski definition) is 2. The summed E-state index contributed by atoms with van der Waals surface area (Å²) >= 11 is 0. The number of carbonyl (C=O) groups is 2. The van der Waals surface area contributed by atoms with Crippen molar-refractivity contribution < 1.29 is 9.59 Å². The molecule has 8 nitrogen and oxygen atoms in total. The molecule has 0 saturated carbocycles. The number of imide groups is 1. The van der Waals surface area contributed by atoms with Crippen molar-refractivity contribution in [1.29, 1.82) is 0 Å². The number of nitrogens with two attached hydrogens (primary N) is 2. The van der Waals surface area contributed by atoms with Crippen LogP contribution in [0.2, 0.25) is 0 Å². The molecule has 8 heteroatoms. The number of nitrogen functional groups attached to an aromatic ring is 2. The molecule has 3 rings (SSSR count). The van der Waals surface area contributed by atoms with Gasteiger partial charge in [0.2, 0.25) is 11.9 Å². The Kier molecular flexibility index (Phi) is 2.98. The first-order chi connectivity index (χ1) is 10.1. The van der Waals surface area contributed by atoms with E-state index in [1.807, 2.05) is 0 Å². The molecule has 1 aromatic heterocycles. The highest BCUT2D eigenvalue weighted by Gasteiger charge is 2.34. The van der Waals surface area contributed by atoms with Crippen LogP contribution in [0.3, 0.4) is 0 Å². The maximum absolute atomic E-state index is 12.2. The molecule has 0 fully saturated rings. The number of amides is 2. The second-order valence-electron chi connectivity index (χ2n) is 4.53. The molecule has 1 aromatic carbocycles. The molecule has 0 aliphatic carbocycles. The third-order valence-electron chi connectivity index (χ3n) is 3.15. The van der Waals surface area contributed by atoms with Crippen molar-refractivity contribution in [2.24, 2.45) is 0 Å². The van der Waals surface area contributed by atoms with E-state index in [9.17, 15) is 9.59 Å². The van der Waals surface area contributed by atoms with E-state index in [1.165, 1.54) is 4.90 Å². The van der Waals surface area contributed by atoms with E-state index in [1.54, 1.807) is 24.3 Å². The van der Waals surface area contributed by atoms with Crippen molar-refractivity contribution in [3.05, 3.63) is 41.2 Å². The summed E-state index contributed by atoms with van der Waals surface area (Å²) in [7, 11) is 0. The first-order valence-electron chi connectivity index (χ1n) is 6.27. The van der Waals surface area contributed by atoms with Crippen LogP contribution in [-0.2, 0) is 6.42 Å². The van der Waals surface area contributed by atoms with E-state index in [0.717, 1.165) is 0 Å². The Hall–Kier alpha value is -3.03. The first kappa shape index (κ1) is 13.0. The van der Waals surface area contributed by atoms with Crippen molar-refractivity contribution in [3.8, 4) is 0 Å². The smallest absolute Gasteiger partial charge is 0.261 e. The van der Waals surface area contributed by atoms with Crippen LogP contribution >= 0.6 is 0 Å². The lowest BCUT2D eigenvalue weighted by Gasteiger charge is -2.12. The maximum atomic E-state index is 12.2. The zero-order chi connectivity index (χ0) is 15.0. The lowest BCUT2D eigenvalue weighted by Crippen LogP contribution is -2.32. The van der Waals surface area contributed by atoms with Crippen molar-refractivity contribution in [2.75, 3.05) is 18.0 Å². The lowest BCUT2D eigenvalue weighted by atomic mass is 10.1. The van der Waals surface area contributed by atoms with Crippen LogP contribution in [0.5, 0.6) is 0 Å². The summed E-state index contributed by atoms with van der Waals surface area (Å²) in [6.45, 7) is 0.162. The monoisotopic (exact) mass is 284 g/mol. The van der Waals surface area contributed by atoms with Crippen molar-refractivity contribution in [1.82, 2.24) is 19.9 Å². The number of anilines is 2. The molecule has 1 aliphatic rings. The summed E-state index contributed by atoms with van der Waals surface area (Å²) in [5.41, 5.74) is 11.8. The van der Waals surface area contributed by atoms with Crippen molar-refractivity contribution >= 4 is 23.7 Å². The molecule has 2 heterocycles. The molecule has 0 unspecified atom stereocenters. The van der Waals surface area contributed by atoms with E-state index in [2.05, 4.69) is 15.0 Å². The summed E-state index contributed by atoms with van der Waals surface area (Å²) < 4.78 is 0. The topological polar surface area (TPSA) is 128 Å². The van der Waals surface area contributed by atoms with Crippen molar-refractivity contribution in [3.63, 3.8) is 0 Å². The second-order valence-corrected chi connectivity index (χ2v) is 4.53.